The van der Waals surface area contributed by atoms with Crippen molar-refractivity contribution < 1.29 is 61.3 Å². The first-order chi connectivity index (χ1) is 7.65. The van der Waals surface area contributed by atoms with E-state index in [2.05, 4.69) is 5.10 Å². The van der Waals surface area contributed by atoms with Gasteiger partial charge in [-0.15, -0.1) is 0 Å². The molecule has 1 aliphatic heterocycles. The van der Waals surface area contributed by atoms with Crippen molar-refractivity contribution in [2.75, 3.05) is 13.1 Å². The molecule has 0 saturated carbocycles. The van der Waals surface area contributed by atoms with E-state index in [1.54, 1.807) is 15.8 Å². The predicted octanol–water partition coefficient (Wildman–Crippen LogP) is -3.21. The smallest absolute Gasteiger partial charge is 0.849 e. The van der Waals surface area contributed by atoms with Crippen LogP contribution in [0.25, 0.3) is 0 Å². The standard InChI is InChI=1S/C9H12N3O2.C2H6.K/c1-7-2-10-12(3-7)6-9(14)11-4-8(13)5-11;1-2;/h2-3,8H,4-6H2,1H3;1-2H3;/q-1;;+1. The number of aromatic nitrogens is 2. The van der Waals surface area contributed by atoms with Crippen molar-refractivity contribution in [3.8, 4) is 0 Å². The summed E-state index contributed by atoms with van der Waals surface area (Å²) in [5.41, 5.74) is 1.03. The molecule has 2 heterocycles. The number of carbonyl (C=O) groups is 1. The molecule has 1 fully saturated rings. The predicted molar refractivity (Wildman–Crippen MR) is 58.7 cm³/mol. The Morgan fingerprint density at radius 3 is 2.53 bits per heavy atom. The summed E-state index contributed by atoms with van der Waals surface area (Å²) < 4.78 is 1.59. The van der Waals surface area contributed by atoms with Crippen molar-refractivity contribution in [2.24, 2.45) is 0 Å². The van der Waals surface area contributed by atoms with Crippen molar-refractivity contribution in [2.45, 2.75) is 33.4 Å². The van der Waals surface area contributed by atoms with E-state index >= 15 is 0 Å². The minimum Gasteiger partial charge on any atom is -0.849 e. The Morgan fingerprint density at radius 1 is 1.53 bits per heavy atom. The molecule has 0 unspecified atom stereocenters. The second-order valence-corrected chi connectivity index (χ2v) is 3.64. The zero-order valence-corrected chi connectivity index (χ0v) is 14.1. The van der Waals surface area contributed by atoms with Crippen molar-refractivity contribution in [1.29, 1.82) is 0 Å². The first-order valence-corrected chi connectivity index (χ1v) is 5.58. The van der Waals surface area contributed by atoms with Crippen LogP contribution in [-0.2, 0) is 11.3 Å². The summed E-state index contributed by atoms with van der Waals surface area (Å²) >= 11 is 0. The van der Waals surface area contributed by atoms with Crippen molar-refractivity contribution in [3.63, 3.8) is 0 Å². The number of aryl methyl sites for hydroxylation is 1. The van der Waals surface area contributed by atoms with Gasteiger partial charge in [0.2, 0.25) is 5.91 Å². The Morgan fingerprint density at radius 2 is 2.12 bits per heavy atom. The zero-order chi connectivity index (χ0) is 12.1. The van der Waals surface area contributed by atoms with Gasteiger partial charge in [0, 0.05) is 19.3 Å². The Labute approximate surface area is 145 Å². The molecule has 0 spiro atoms. The van der Waals surface area contributed by atoms with Crippen LogP contribution in [-0.4, -0.2) is 39.8 Å². The fourth-order valence-electron chi connectivity index (χ4n) is 1.43. The molecule has 0 radical (unpaired) electrons. The summed E-state index contributed by atoms with van der Waals surface area (Å²) in [4.78, 5) is 13.0. The third-order valence-corrected chi connectivity index (χ3v) is 2.26. The molecular weight excluding hydrogens is 245 g/mol. The molecule has 1 aromatic heterocycles. The topological polar surface area (TPSA) is 61.2 Å². The first kappa shape index (κ1) is 17.3. The molecular formula is C11H18KN3O2. The van der Waals surface area contributed by atoms with Crippen LogP contribution in [0.15, 0.2) is 12.4 Å². The van der Waals surface area contributed by atoms with Crippen LogP contribution in [0, 0.1) is 6.92 Å². The van der Waals surface area contributed by atoms with Crippen LogP contribution < -0.4 is 56.5 Å². The molecule has 1 aromatic rings. The first-order valence-electron chi connectivity index (χ1n) is 5.58. The summed E-state index contributed by atoms with van der Waals surface area (Å²) in [5, 5.41) is 14.7. The van der Waals surface area contributed by atoms with Crippen molar-refractivity contribution in [1.82, 2.24) is 14.7 Å². The minimum atomic E-state index is -0.585. The van der Waals surface area contributed by atoms with E-state index in [1.165, 1.54) is 0 Å². The van der Waals surface area contributed by atoms with Crippen molar-refractivity contribution >= 4 is 5.91 Å². The summed E-state index contributed by atoms with van der Waals surface area (Å²) in [6.45, 7) is 6.85. The molecule has 1 saturated heterocycles. The van der Waals surface area contributed by atoms with E-state index in [0.717, 1.165) is 5.56 Å². The molecule has 90 valence electrons. The number of rotatable bonds is 2. The van der Waals surface area contributed by atoms with Gasteiger partial charge in [-0.1, -0.05) is 20.0 Å². The Bertz CT molecular complexity index is 348. The van der Waals surface area contributed by atoms with Gasteiger partial charge in [-0.05, 0) is 12.5 Å². The molecule has 17 heavy (non-hydrogen) atoms. The average molecular weight is 263 g/mol. The second kappa shape index (κ2) is 8.39. The van der Waals surface area contributed by atoms with E-state index < -0.39 is 6.10 Å². The van der Waals surface area contributed by atoms with Crippen LogP contribution in [0.5, 0.6) is 0 Å². The van der Waals surface area contributed by atoms with Crippen LogP contribution >= 0.6 is 0 Å². The van der Waals surface area contributed by atoms with Gasteiger partial charge in [-0.3, -0.25) is 9.48 Å². The maximum atomic E-state index is 11.5. The molecule has 1 aliphatic rings. The van der Waals surface area contributed by atoms with Gasteiger partial charge in [0.25, 0.3) is 0 Å². The molecule has 0 N–H and O–H groups in total. The molecule has 0 atom stereocenters. The number of amides is 1. The van der Waals surface area contributed by atoms with Gasteiger partial charge in [0.1, 0.15) is 6.54 Å². The van der Waals surface area contributed by atoms with Crippen LogP contribution in [0.4, 0.5) is 0 Å². The van der Waals surface area contributed by atoms with E-state index in [0.29, 0.717) is 13.1 Å². The van der Waals surface area contributed by atoms with Gasteiger partial charge >= 0.3 is 51.4 Å². The van der Waals surface area contributed by atoms with Crippen LogP contribution in [0.2, 0.25) is 0 Å². The summed E-state index contributed by atoms with van der Waals surface area (Å²) in [5.74, 6) is -0.0276. The van der Waals surface area contributed by atoms with Gasteiger partial charge in [0.05, 0.1) is 6.20 Å². The number of likely N-dealkylation sites (tertiary alicyclic amines) is 1. The fourth-order valence-corrected chi connectivity index (χ4v) is 1.43. The molecule has 0 bridgehead atoms. The Kier molecular flexibility index (Phi) is 8.53. The van der Waals surface area contributed by atoms with Crippen LogP contribution in [0.3, 0.4) is 0 Å². The Balaban J connectivity index is 0.000000811. The molecule has 0 aromatic carbocycles. The normalized spacial score (nSPS) is 14.2. The number of carbonyl (C=O) groups excluding carboxylic acids is 1. The largest absolute Gasteiger partial charge is 1.00 e. The van der Waals surface area contributed by atoms with Gasteiger partial charge in [-0.25, -0.2) is 0 Å². The quantitative estimate of drug-likeness (QED) is 0.528. The number of hydrogen-bond acceptors (Lipinski definition) is 3. The summed E-state index contributed by atoms with van der Waals surface area (Å²) in [6.07, 6.45) is 2.94. The summed E-state index contributed by atoms with van der Waals surface area (Å²) in [7, 11) is 0. The monoisotopic (exact) mass is 263 g/mol. The van der Waals surface area contributed by atoms with Crippen LogP contribution in [0.1, 0.15) is 19.4 Å². The van der Waals surface area contributed by atoms with E-state index in [-0.39, 0.29) is 63.8 Å². The number of nitrogens with zero attached hydrogens (tertiary/aromatic N) is 3. The van der Waals surface area contributed by atoms with Crippen molar-refractivity contribution in [3.05, 3.63) is 18.0 Å². The third kappa shape index (κ3) is 5.19. The Hall–Kier alpha value is 0.276. The van der Waals surface area contributed by atoms with E-state index in [4.69, 9.17) is 0 Å². The SMILES string of the molecule is CC.Cc1cnn(CC(=O)N2CC([O-])C2)c1.[K+]. The number of hydrogen-bond donors (Lipinski definition) is 0. The molecule has 6 heteroatoms. The van der Waals surface area contributed by atoms with E-state index in [1.807, 2.05) is 27.0 Å². The fraction of sp³-hybridized carbons (Fsp3) is 0.636. The maximum Gasteiger partial charge on any atom is 1.00 e. The zero-order valence-electron chi connectivity index (χ0n) is 11.0. The third-order valence-electron chi connectivity index (χ3n) is 2.26. The van der Waals surface area contributed by atoms with Gasteiger partial charge in [0.15, 0.2) is 0 Å². The minimum absolute atomic E-state index is 0. The maximum absolute atomic E-state index is 11.5. The summed E-state index contributed by atoms with van der Waals surface area (Å²) in [6, 6.07) is 0. The second-order valence-electron chi connectivity index (χ2n) is 3.64. The van der Waals surface area contributed by atoms with E-state index in [9.17, 15) is 9.90 Å². The average Bonchev–Trinajstić information content (AvgIpc) is 2.62. The molecule has 5 nitrogen and oxygen atoms in total. The molecule has 2 rings (SSSR count). The van der Waals surface area contributed by atoms with Gasteiger partial charge < -0.3 is 10.0 Å². The molecule has 1 amide bonds. The van der Waals surface area contributed by atoms with Gasteiger partial charge in [-0.2, -0.15) is 5.10 Å². The molecule has 0 aliphatic carbocycles.